The van der Waals surface area contributed by atoms with Crippen molar-refractivity contribution in [2.24, 2.45) is 10.8 Å². The predicted molar refractivity (Wildman–Crippen MR) is 51.2 cm³/mol. The number of nitrogens with two attached hydrogens (primary N) is 1. The summed E-state index contributed by atoms with van der Waals surface area (Å²) in [6.45, 7) is 0. The molecule has 1 aromatic heterocycles. The van der Waals surface area contributed by atoms with Crippen LogP contribution in [0.2, 0.25) is 0 Å². The third-order valence-electron chi connectivity index (χ3n) is 1.13. The maximum Gasteiger partial charge on any atom is 1.00 e. The van der Waals surface area contributed by atoms with Crippen LogP contribution in [0.3, 0.4) is 0 Å². The Morgan fingerprint density at radius 2 is 2.36 bits per heavy atom. The van der Waals surface area contributed by atoms with Gasteiger partial charge >= 0.3 is 29.6 Å². The van der Waals surface area contributed by atoms with Crippen LogP contribution in [0.1, 0.15) is 5.69 Å². The zero-order valence-corrected chi connectivity index (χ0v) is 10.4. The summed E-state index contributed by atoms with van der Waals surface area (Å²) >= 11 is 4.51. The van der Waals surface area contributed by atoms with E-state index in [9.17, 15) is 5.11 Å². The molecular formula is C7H7N4NaOS. The Morgan fingerprint density at radius 3 is 2.86 bits per heavy atom. The van der Waals surface area contributed by atoms with Crippen molar-refractivity contribution >= 4 is 23.5 Å². The molecule has 14 heavy (non-hydrogen) atoms. The van der Waals surface area contributed by atoms with Crippen LogP contribution >= 0.6 is 12.2 Å². The molecule has 5 nitrogen and oxygen atoms in total. The Bertz CT molecular complexity index is 327. The van der Waals surface area contributed by atoms with Gasteiger partial charge in [0.2, 0.25) is 0 Å². The van der Waals surface area contributed by atoms with Crippen molar-refractivity contribution in [1.82, 2.24) is 10.4 Å². The number of rotatable bonds is 2. The van der Waals surface area contributed by atoms with Crippen molar-refractivity contribution < 1.29 is 34.7 Å². The third-order valence-corrected chi connectivity index (χ3v) is 1.22. The van der Waals surface area contributed by atoms with Gasteiger partial charge in [0.1, 0.15) is 0 Å². The first-order chi connectivity index (χ1) is 6.18. The fraction of sp³-hybridized carbons (Fsp3) is 0. The van der Waals surface area contributed by atoms with E-state index in [1.807, 2.05) is 0 Å². The Morgan fingerprint density at radius 1 is 1.64 bits per heavy atom. The molecule has 0 aliphatic heterocycles. The molecule has 0 aromatic carbocycles. The number of hydrogen-bond donors (Lipinski definition) is 2. The van der Waals surface area contributed by atoms with E-state index in [2.05, 4.69) is 27.7 Å². The molecule has 0 spiro atoms. The molecule has 3 N–H and O–H groups in total. The molecule has 0 bridgehead atoms. The molecule has 1 rings (SSSR count). The van der Waals surface area contributed by atoms with Crippen LogP contribution in [0.25, 0.3) is 0 Å². The van der Waals surface area contributed by atoms with E-state index < -0.39 is 0 Å². The molecule has 0 saturated heterocycles. The van der Waals surface area contributed by atoms with Crippen LogP contribution in [-0.2, 0) is 0 Å². The molecule has 0 aliphatic rings. The average molecular weight is 218 g/mol. The number of hydrazone groups is 1. The van der Waals surface area contributed by atoms with Crippen LogP contribution < -0.4 is 45.8 Å². The minimum absolute atomic E-state index is 0. The fourth-order valence-electron chi connectivity index (χ4n) is 0.630. The van der Waals surface area contributed by atoms with Gasteiger partial charge in [0.15, 0.2) is 5.11 Å². The maximum absolute atomic E-state index is 10.6. The van der Waals surface area contributed by atoms with Gasteiger partial charge in [0.25, 0.3) is 0 Å². The van der Waals surface area contributed by atoms with Crippen molar-refractivity contribution in [2.45, 2.75) is 0 Å². The van der Waals surface area contributed by atoms with E-state index in [0.717, 1.165) is 0 Å². The number of thiocarbonyl (C=S) groups is 1. The number of hydrogen-bond acceptors (Lipinski definition) is 4. The summed E-state index contributed by atoms with van der Waals surface area (Å²) in [7, 11) is 0. The third kappa shape index (κ3) is 5.13. The van der Waals surface area contributed by atoms with Crippen molar-refractivity contribution in [1.29, 1.82) is 0 Å². The van der Waals surface area contributed by atoms with Crippen LogP contribution in [-0.4, -0.2) is 16.3 Å². The monoisotopic (exact) mass is 218 g/mol. The zero-order valence-electron chi connectivity index (χ0n) is 7.60. The second-order valence-electron chi connectivity index (χ2n) is 2.15. The van der Waals surface area contributed by atoms with Crippen molar-refractivity contribution in [2.75, 3.05) is 0 Å². The van der Waals surface area contributed by atoms with Gasteiger partial charge in [-0.15, -0.1) is 0 Å². The maximum atomic E-state index is 10.6. The molecule has 0 unspecified atom stereocenters. The van der Waals surface area contributed by atoms with Gasteiger partial charge in [-0.05, 0) is 18.3 Å². The minimum atomic E-state index is -0.139. The fourth-order valence-corrected chi connectivity index (χ4v) is 0.683. The molecule has 68 valence electrons. The van der Waals surface area contributed by atoms with Crippen molar-refractivity contribution in [3.63, 3.8) is 0 Å². The summed E-state index contributed by atoms with van der Waals surface area (Å²) in [6.07, 6.45) is 2.63. The average Bonchev–Trinajstić information content (AvgIpc) is 2.08. The summed E-state index contributed by atoms with van der Waals surface area (Å²) in [6, 6.07) is 2.95. The molecule has 0 fully saturated rings. The van der Waals surface area contributed by atoms with Crippen molar-refractivity contribution in [3.8, 4) is 5.75 Å². The van der Waals surface area contributed by atoms with Gasteiger partial charge in [-0.3, -0.25) is 10.4 Å². The summed E-state index contributed by atoms with van der Waals surface area (Å²) in [5, 5.41) is 14.4. The molecular weight excluding hydrogens is 211 g/mol. The van der Waals surface area contributed by atoms with Gasteiger partial charge in [0, 0.05) is 6.20 Å². The van der Waals surface area contributed by atoms with Gasteiger partial charge in [-0.25, -0.2) is 0 Å². The topological polar surface area (TPSA) is 86.4 Å². The van der Waals surface area contributed by atoms with Crippen LogP contribution in [0.5, 0.6) is 5.75 Å². The molecule has 7 heteroatoms. The molecule has 0 aliphatic carbocycles. The minimum Gasteiger partial charge on any atom is -0.871 e. The van der Waals surface area contributed by atoms with Crippen LogP contribution in [0.15, 0.2) is 23.4 Å². The second-order valence-corrected chi connectivity index (χ2v) is 2.59. The zero-order chi connectivity index (χ0) is 9.68. The molecule has 0 amide bonds. The molecule has 1 aromatic rings. The van der Waals surface area contributed by atoms with E-state index >= 15 is 0 Å². The van der Waals surface area contributed by atoms with Gasteiger partial charge in [-0.2, -0.15) is 5.10 Å². The van der Waals surface area contributed by atoms with E-state index in [4.69, 9.17) is 5.73 Å². The summed E-state index contributed by atoms with van der Waals surface area (Å²) in [4.78, 5) is 3.79. The van der Waals surface area contributed by atoms with Gasteiger partial charge < -0.3 is 10.8 Å². The largest absolute Gasteiger partial charge is 1.00 e. The molecule has 1 heterocycles. The Hall–Kier alpha value is -0.690. The SMILES string of the molecule is NC(=S)N/N=C\c1ccc([O-])cn1.[Na+]. The second kappa shape index (κ2) is 6.72. The Kier molecular flexibility index (Phi) is 6.39. The quantitative estimate of drug-likeness (QED) is 0.231. The number of nitrogens with zero attached hydrogens (tertiary/aromatic N) is 2. The molecule has 0 radical (unpaired) electrons. The van der Waals surface area contributed by atoms with Gasteiger partial charge in [-0.1, -0.05) is 11.8 Å². The normalized spacial score (nSPS) is 9.43. The first-order valence-corrected chi connectivity index (χ1v) is 3.81. The van der Waals surface area contributed by atoms with Crippen LogP contribution in [0, 0.1) is 0 Å². The van der Waals surface area contributed by atoms with E-state index in [0.29, 0.717) is 5.69 Å². The number of pyridine rings is 1. The van der Waals surface area contributed by atoms with E-state index in [1.165, 1.54) is 18.5 Å². The molecule has 0 saturated carbocycles. The predicted octanol–water partition coefficient (Wildman–Crippen LogP) is -3.67. The van der Waals surface area contributed by atoms with Crippen molar-refractivity contribution in [3.05, 3.63) is 24.0 Å². The first kappa shape index (κ1) is 13.3. The standard InChI is InChI=1S/C7H8N4OS.Na/c8-7(13)11-10-3-5-1-2-6(12)4-9-5;/h1-4,12H,(H3,8,11,13);/q;+1/p-1/b10-3-;. The Balaban J connectivity index is 0.00000169. The smallest absolute Gasteiger partial charge is 0.871 e. The summed E-state index contributed by atoms with van der Waals surface area (Å²) < 4.78 is 0. The van der Waals surface area contributed by atoms with E-state index in [1.54, 1.807) is 6.07 Å². The number of aromatic nitrogens is 1. The summed E-state index contributed by atoms with van der Waals surface area (Å²) in [5.74, 6) is -0.139. The first-order valence-electron chi connectivity index (χ1n) is 3.40. The van der Waals surface area contributed by atoms with Gasteiger partial charge in [0.05, 0.1) is 11.9 Å². The summed E-state index contributed by atoms with van der Waals surface area (Å²) in [5.41, 5.74) is 8.04. The molecule has 0 atom stereocenters. The van der Waals surface area contributed by atoms with Crippen LogP contribution in [0.4, 0.5) is 0 Å². The Labute approximate surface area is 109 Å². The van der Waals surface area contributed by atoms with E-state index in [-0.39, 0.29) is 40.4 Å². The number of nitrogens with one attached hydrogen (secondary N) is 1.